The van der Waals surface area contributed by atoms with Crippen molar-refractivity contribution < 1.29 is 13.2 Å². The molecule has 5 heteroatoms. The molecule has 0 fully saturated rings. The summed E-state index contributed by atoms with van der Waals surface area (Å²) < 4.78 is 27.5. The fourth-order valence-corrected chi connectivity index (χ4v) is 1.87. The van der Waals surface area contributed by atoms with E-state index in [0.29, 0.717) is 19.6 Å². The Bertz CT molecular complexity index is 213. The van der Waals surface area contributed by atoms with Gasteiger partial charge in [0.15, 0.2) is 0 Å². The summed E-state index contributed by atoms with van der Waals surface area (Å²) in [5.41, 5.74) is 5.41. The van der Waals surface area contributed by atoms with Crippen LogP contribution in [0.3, 0.4) is 0 Å². The standard InChI is InChI=1S/C8H19NO3S/c1-3-12-8(7-9)5-6-13(10,11)4-2/h8H,3-7,9H2,1-2H3. The lowest BCUT2D eigenvalue weighted by molar-refractivity contribution is 0.0671. The first-order valence-corrected chi connectivity index (χ1v) is 6.40. The van der Waals surface area contributed by atoms with Crippen LogP contribution in [0.5, 0.6) is 0 Å². The van der Waals surface area contributed by atoms with Gasteiger partial charge in [-0.3, -0.25) is 0 Å². The summed E-state index contributed by atoms with van der Waals surface area (Å²) in [6.45, 7) is 4.48. The predicted octanol–water partition coefficient (Wildman–Crippen LogP) is 0.175. The third kappa shape index (κ3) is 6.01. The minimum Gasteiger partial charge on any atom is -0.377 e. The fourth-order valence-electron chi connectivity index (χ4n) is 0.960. The predicted molar refractivity (Wildman–Crippen MR) is 53.4 cm³/mol. The molecule has 0 aliphatic heterocycles. The van der Waals surface area contributed by atoms with Crippen LogP contribution in [0.25, 0.3) is 0 Å². The normalized spacial score (nSPS) is 14.4. The molecule has 0 saturated carbocycles. The third-order valence-electron chi connectivity index (χ3n) is 1.86. The van der Waals surface area contributed by atoms with E-state index in [9.17, 15) is 8.42 Å². The monoisotopic (exact) mass is 209 g/mol. The fraction of sp³-hybridized carbons (Fsp3) is 1.00. The lowest BCUT2D eigenvalue weighted by Gasteiger charge is -2.13. The van der Waals surface area contributed by atoms with Gasteiger partial charge in [0, 0.05) is 18.9 Å². The molecule has 0 radical (unpaired) electrons. The van der Waals surface area contributed by atoms with Crippen molar-refractivity contribution >= 4 is 9.84 Å². The highest BCUT2D eigenvalue weighted by Crippen LogP contribution is 2.01. The summed E-state index contributed by atoms with van der Waals surface area (Å²) in [7, 11) is -2.88. The largest absolute Gasteiger partial charge is 0.377 e. The van der Waals surface area contributed by atoms with Gasteiger partial charge < -0.3 is 10.5 Å². The van der Waals surface area contributed by atoms with Crippen molar-refractivity contribution in [2.75, 3.05) is 24.7 Å². The Balaban J connectivity index is 3.84. The Morgan fingerprint density at radius 3 is 2.38 bits per heavy atom. The maximum Gasteiger partial charge on any atom is 0.150 e. The van der Waals surface area contributed by atoms with Gasteiger partial charge in [-0.25, -0.2) is 8.42 Å². The van der Waals surface area contributed by atoms with Gasteiger partial charge in [0.05, 0.1) is 11.9 Å². The molecule has 0 rings (SSSR count). The molecular weight excluding hydrogens is 190 g/mol. The number of rotatable bonds is 7. The quantitative estimate of drug-likeness (QED) is 0.649. The molecule has 0 aromatic carbocycles. The molecule has 0 aromatic rings. The van der Waals surface area contributed by atoms with E-state index in [2.05, 4.69) is 0 Å². The van der Waals surface area contributed by atoms with E-state index >= 15 is 0 Å². The number of nitrogens with two attached hydrogens (primary N) is 1. The lowest BCUT2D eigenvalue weighted by atomic mass is 10.3. The zero-order valence-corrected chi connectivity index (χ0v) is 9.14. The van der Waals surface area contributed by atoms with Gasteiger partial charge in [0.1, 0.15) is 9.84 Å². The Morgan fingerprint density at radius 2 is 2.00 bits per heavy atom. The van der Waals surface area contributed by atoms with Crippen LogP contribution < -0.4 is 5.73 Å². The minimum atomic E-state index is -2.88. The molecule has 0 saturated heterocycles. The van der Waals surface area contributed by atoms with E-state index in [-0.39, 0.29) is 17.6 Å². The molecule has 2 N–H and O–H groups in total. The molecule has 4 nitrogen and oxygen atoms in total. The zero-order chi connectivity index (χ0) is 10.3. The van der Waals surface area contributed by atoms with Crippen LogP contribution >= 0.6 is 0 Å². The van der Waals surface area contributed by atoms with Crippen LogP contribution in [-0.4, -0.2) is 39.2 Å². The summed E-state index contributed by atoms with van der Waals surface area (Å²) in [6.07, 6.45) is 0.381. The Kier molecular flexibility index (Phi) is 6.28. The molecule has 0 bridgehead atoms. The van der Waals surface area contributed by atoms with Crippen molar-refractivity contribution in [3.63, 3.8) is 0 Å². The summed E-state index contributed by atoms with van der Waals surface area (Å²) in [5, 5.41) is 0. The van der Waals surface area contributed by atoms with Crippen molar-refractivity contribution in [2.24, 2.45) is 5.73 Å². The Morgan fingerprint density at radius 1 is 1.38 bits per heavy atom. The number of ether oxygens (including phenoxy) is 1. The molecule has 1 atom stereocenters. The van der Waals surface area contributed by atoms with E-state index in [1.807, 2.05) is 6.92 Å². The van der Waals surface area contributed by atoms with Crippen LogP contribution in [0.4, 0.5) is 0 Å². The van der Waals surface area contributed by atoms with Crippen LogP contribution in [0.1, 0.15) is 20.3 Å². The molecule has 0 amide bonds. The summed E-state index contributed by atoms with van der Waals surface area (Å²) >= 11 is 0. The van der Waals surface area contributed by atoms with Crippen LogP contribution in [0.15, 0.2) is 0 Å². The van der Waals surface area contributed by atoms with Gasteiger partial charge in [-0.15, -0.1) is 0 Å². The maximum absolute atomic E-state index is 11.1. The van der Waals surface area contributed by atoms with Crippen LogP contribution in [0, 0.1) is 0 Å². The van der Waals surface area contributed by atoms with Gasteiger partial charge >= 0.3 is 0 Å². The van der Waals surface area contributed by atoms with Gasteiger partial charge in [0.25, 0.3) is 0 Å². The molecule has 1 unspecified atom stereocenters. The van der Waals surface area contributed by atoms with Crippen LogP contribution in [0.2, 0.25) is 0 Å². The SMILES string of the molecule is CCOC(CN)CCS(=O)(=O)CC. The molecule has 0 spiro atoms. The molecule has 0 aliphatic carbocycles. The van der Waals surface area contributed by atoms with Crippen LogP contribution in [-0.2, 0) is 14.6 Å². The van der Waals surface area contributed by atoms with Crippen molar-refractivity contribution in [1.29, 1.82) is 0 Å². The van der Waals surface area contributed by atoms with Gasteiger partial charge in [-0.2, -0.15) is 0 Å². The average Bonchev–Trinajstić information content (AvgIpc) is 2.12. The maximum atomic E-state index is 11.1. The first kappa shape index (κ1) is 12.9. The molecule has 80 valence electrons. The number of hydrogen-bond acceptors (Lipinski definition) is 4. The van der Waals surface area contributed by atoms with Gasteiger partial charge in [-0.1, -0.05) is 6.92 Å². The zero-order valence-electron chi connectivity index (χ0n) is 8.32. The summed E-state index contributed by atoms with van der Waals surface area (Å²) in [5.74, 6) is 0.363. The minimum absolute atomic E-state index is 0.119. The Hall–Kier alpha value is -0.130. The van der Waals surface area contributed by atoms with E-state index < -0.39 is 9.84 Å². The van der Waals surface area contributed by atoms with Gasteiger partial charge in [0.2, 0.25) is 0 Å². The molecule has 0 aliphatic rings. The van der Waals surface area contributed by atoms with Crippen molar-refractivity contribution in [2.45, 2.75) is 26.4 Å². The number of sulfone groups is 1. The summed E-state index contributed by atoms with van der Waals surface area (Å²) in [6, 6.07) is 0. The van der Waals surface area contributed by atoms with E-state index in [4.69, 9.17) is 10.5 Å². The molecular formula is C8H19NO3S. The second-order valence-corrected chi connectivity index (χ2v) is 5.31. The first-order chi connectivity index (χ1) is 6.05. The second kappa shape index (κ2) is 6.34. The van der Waals surface area contributed by atoms with Gasteiger partial charge in [-0.05, 0) is 13.3 Å². The summed E-state index contributed by atoms with van der Waals surface area (Å²) in [4.78, 5) is 0. The van der Waals surface area contributed by atoms with E-state index in [1.165, 1.54) is 0 Å². The van der Waals surface area contributed by atoms with Crippen molar-refractivity contribution in [3.8, 4) is 0 Å². The average molecular weight is 209 g/mol. The highest BCUT2D eigenvalue weighted by molar-refractivity contribution is 7.91. The second-order valence-electron chi connectivity index (χ2n) is 2.84. The Labute approximate surface area is 80.4 Å². The van der Waals surface area contributed by atoms with Crippen molar-refractivity contribution in [3.05, 3.63) is 0 Å². The smallest absolute Gasteiger partial charge is 0.150 e. The molecule has 0 aromatic heterocycles. The van der Waals surface area contributed by atoms with E-state index in [1.54, 1.807) is 6.92 Å². The molecule has 13 heavy (non-hydrogen) atoms. The van der Waals surface area contributed by atoms with Crippen molar-refractivity contribution in [1.82, 2.24) is 0 Å². The highest BCUT2D eigenvalue weighted by atomic mass is 32.2. The van der Waals surface area contributed by atoms with E-state index in [0.717, 1.165) is 0 Å². The number of hydrogen-bond donors (Lipinski definition) is 1. The first-order valence-electron chi connectivity index (χ1n) is 4.57. The molecule has 0 heterocycles. The highest BCUT2D eigenvalue weighted by Gasteiger charge is 2.12. The lowest BCUT2D eigenvalue weighted by Crippen LogP contribution is -2.26. The topological polar surface area (TPSA) is 69.4 Å². The third-order valence-corrected chi connectivity index (χ3v) is 3.59.